The van der Waals surface area contributed by atoms with Crippen molar-refractivity contribution < 1.29 is 4.79 Å². The normalized spacial score (nSPS) is 23.5. The fraction of sp³-hybridized carbons (Fsp3) is 0.421. The summed E-state index contributed by atoms with van der Waals surface area (Å²) in [5, 5.41) is 0. The lowest BCUT2D eigenvalue weighted by Crippen LogP contribution is -2.64. The first-order valence-electron chi connectivity index (χ1n) is 8.54. The van der Waals surface area contributed by atoms with Crippen LogP contribution < -0.4 is 0 Å². The number of hydrogen-bond donors (Lipinski definition) is 0. The van der Waals surface area contributed by atoms with E-state index < -0.39 is 0 Å². The standard InChI is InChI=1S/C19H22N4O/c1-14-8-17(10-21-9-14)19(24)22-7-4-16-12-23(18(16)13-22)11-15-2-5-20-6-3-15/h2-3,5-6,8-10,16,18H,4,7,11-13H2,1H3/t16-,18-/m1/s1. The number of aryl methyl sites for hydroxylation is 1. The van der Waals surface area contributed by atoms with Gasteiger partial charge in [0.05, 0.1) is 5.56 Å². The first-order valence-corrected chi connectivity index (χ1v) is 8.54. The van der Waals surface area contributed by atoms with Gasteiger partial charge in [-0.3, -0.25) is 19.7 Å². The van der Waals surface area contributed by atoms with Gasteiger partial charge in [0.15, 0.2) is 0 Å². The van der Waals surface area contributed by atoms with E-state index in [0.717, 1.165) is 44.1 Å². The fourth-order valence-electron chi connectivity index (χ4n) is 3.85. The van der Waals surface area contributed by atoms with Crippen molar-refractivity contribution in [3.63, 3.8) is 0 Å². The van der Waals surface area contributed by atoms with E-state index in [0.29, 0.717) is 11.6 Å². The Morgan fingerprint density at radius 1 is 1.21 bits per heavy atom. The van der Waals surface area contributed by atoms with Gasteiger partial charge in [-0.1, -0.05) is 0 Å². The predicted octanol–water partition coefficient (Wildman–Crippen LogP) is 2.13. The third-order valence-electron chi connectivity index (χ3n) is 5.20. The Balaban J connectivity index is 1.42. The number of piperidine rings is 1. The van der Waals surface area contributed by atoms with E-state index in [2.05, 4.69) is 27.0 Å². The van der Waals surface area contributed by atoms with Gasteiger partial charge in [-0.25, -0.2) is 0 Å². The zero-order chi connectivity index (χ0) is 16.5. The van der Waals surface area contributed by atoms with Crippen LogP contribution in [0.4, 0.5) is 0 Å². The molecule has 24 heavy (non-hydrogen) atoms. The number of nitrogens with zero attached hydrogens (tertiary/aromatic N) is 4. The van der Waals surface area contributed by atoms with Crippen LogP contribution in [0.2, 0.25) is 0 Å². The summed E-state index contributed by atoms with van der Waals surface area (Å²) in [5.74, 6) is 0.840. The van der Waals surface area contributed by atoms with E-state index in [1.165, 1.54) is 5.56 Å². The van der Waals surface area contributed by atoms with Gasteiger partial charge in [0.25, 0.3) is 5.91 Å². The maximum absolute atomic E-state index is 12.8. The van der Waals surface area contributed by atoms with Crippen molar-refractivity contribution in [3.8, 4) is 0 Å². The molecule has 2 fully saturated rings. The van der Waals surface area contributed by atoms with Gasteiger partial charge >= 0.3 is 0 Å². The van der Waals surface area contributed by atoms with Crippen molar-refractivity contribution >= 4 is 5.91 Å². The molecule has 0 N–H and O–H groups in total. The molecule has 0 aromatic carbocycles. The minimum absolute atomic E-state index is 0.111. The van der Waals surface area contributed by atoms with E-state index in [1.54, 1.807) is 12.4 Å². The minimum Gasteiger partial charge on any atom is -0.337 e. The molecule has 0 unspecified atom stereocenters. The van der Waals surface area contributed by atoms with Crippen molar-refractivity contribution in [3.05, 3.63) is 59.7 Å². The fourth-order valence-corrected chi connectivity index (χ4v) is 3.85. The first-order chi connectivity index (χ1) is 11.7. The van der Waals surface area contributed by atoms with Crippen LogP contribution in [0, 0.1) is 12.8 Å². The molecule has 2 saturated heterocycles. The summed E-state index contributed by atoms with van der Waals surface area (Å²) >= 11 is 0. The smallest absolute Gasteiger partial charge is 0.255 e. The molecule has 5 nitrogen and oxygen atoms in total. The van der Waals surface area contributed by atoms with Gasteiger partial charge in [-0.2, -0.15) is 0 Å². The number of aromatic nitrogens is 2. The zero-order valence-electron chi connectivity index (χ0n) is 13.9. The average molecular weight is 322 g/mol. The second-order valence-corrected chi connectivity index (χ2v) is 6.90. The van der Waals surface area contributed by atoms with Crippen molar-refractivity contribution in [2.24, 2.45) is 5.92 Å². The second kappa shape index (κ2) is 6.32. The Morgan fingerprint density at radius 2 is 2.04 bits per heavy atom. The summed E-state index contributed by atoms with van der Waals surface area (Å²) in [6, 6.07) is 6.54. The van der Waals surface area contributed by atoms with Crippen LogP contribution in [0.15, 0.2) is 43.0 Å². The Kier molecular flexibility index (Phi) is 4.02. The summed E-state index contributed by atoms with van der Waals surface area (Å²) < 4.78 is 0. The molecule has 2 aromatic rings. The lowest BCUT2D eigenvalue weighted by molar-refractivity contribution is -0.0427. The van der Waals surface area contributed by atoms with Crippen molar-refractivity contribution in [1.82, 2.24) is 19.8 Å². The highest BCUT2D eigenvalue weighted by Gasteiger charge is 2.43. The molecule has 2 aromatic heterocycles. The first kappa shape index (κ1) is 15.3. The van der Waals surface area contributed by atoms with Crippen LogP contribution in [0.3, 0.4) is 0 Å². The highest BCUT2D eigenvalue weighted by molar-refractivity contribution is 5.94. The van der Waals surface area contributed by atoms with Crippen molar-refractivity contribution in [2.75, 3.05) is 19.6 Å². The average Bonchev–Trinajstić information content (AvgIpc) is 2.60. The lowest BCUT2D eigenvalue weighted by Gasteiger charge is -2.53. The topological polar surface area (TPSA) is 49.3 Å². The highest BCUT2D eigenvalue weighted by atomic mass is 16.2. The molecule has 4 rings (SSSR count). The van der Waals surface area contributed by atoms with E-state index in [1.807, 2.05) is 30.3 Å². The Labute approximate surface area is 142 Å². The number of fused-ring (bicyclic) bond motifs is 1. The molecule has 2 aliphatic rings. The van der Waals surface area contributed by atoms with E-state index in [4.69, 9.17) is 0 Å². The van der Waals surface area contributed by atoms with Crippen LogP contribution in [0.25, 0.3) is 0 Å². The molecular weight excluding hydrogens is 300 g/mol. The predicted molar refractivity (Wildman–Crippen MR) is 91.4 cm³/mol. The van der Waals surface area contributed by atoms with Crippen LogP contribution in [-0.4, -0.2) is 51.4 Å². The molecular formula is C19H22N4O. The third-order valence-corrected chi connectivity index (χ3v) is 5.20. The Morgan fingerprint density at radius 3 is 2.83 bits per heavy atom. The van der Waals surface area contributed by atoms with Gasteiger partial charge in [-0.05, 0) is 48.6 Å². The van der Waals surface area contributed by atoms with Gasteiger partial charge < -0.3 is 4.90 Å². The SMILES string of the molecule is Cc1cncc(C(=O)N2CC[C@@H]3CN(Cc4ccncc4)[C@@H]3C2)c1. The van der Waals surface area contributed by atoms with Crippen LogP contribution in [-0.2, 0) is 6.54 Å². The molecule has 124 valence electrons. The van der Waals surface area contributed by atoms with Crippen molar-refractivity contribution in [1.29, 1.82) is 0 Å². The number of amides is 1. The van der Waals surface area contributed by atoms with Gasteiger partial charge in [0.1, 0.15) is 0 Å². The van der Waals surface area contributed by atoms with Crippen LogP contribution >= 0.6 is 0 Å². The maximum atomic E-state index is 12.8. The molecule has 2 aliphatic heterocycles. The summed E-state index contributed by atoms with van der Waals surface area (Å²) in [4.78, 5) is 25.5. The molecule has 5 heteroatoms. The van der Waals surface area contributed by atoms with Crippen LogP contribution in [0.1, 0.15) is 27.9 Å². The molecule has 0 spiro atoms. The summed E-state index contributed by atoms with van der Waals surface area (Å²) in [5.41, 5.74) is 3.02. The number of carbonyl (C=O) groups excluding carboxylic acids is 1. The third kappa shape index (κ3) is 2.91. The maximum Gasteiger partial charge on any atom is 0.255 e. The zero-order valence-corrected chi connectivity index (χ0v) is 13.9. The molecule has 0 saturated carbocycles. The highest BCUT2D eigenvalue weighted by Crippen LogP contribution is 2.34. The molecule has 1 amide bonds. The monoisotopic (exact) mass is 322 g/mol. The Hall–Kier alpha value is -2.27. The molecule has 2 atom stereocenters. The van der Waals surface area contributed by atoms with E-state index in [9.17, 15) is 4.79 Å². The van der Waals surface area contributed by atoms with Crippen molar-refractivity contribution in [2.45, 2.75) is 25.9 Å². The number of carbonyl (C=O) groups is 1. The molecule has 4 heterocycles. The molecule has 0 radical (unpaired) electrons. The number of pyridine rings is 2. The number of rotatable bonds is 3. The largest absolute Gasteiger partial charge is 0.337 e. The van der Waals surface area contributed by atoms with E-state index in [-0.39, 0.29) is 5.91 Å². The van der Waals surface area contributed by atoms with Gasteiger partial charge in [-0.15, -0.1) is 0 Å². The summed E-state index contributed by atoms with van der Waals surface area (Å²) in [7, 11) is 0. The Bertz CT molecular complexity index is 733. The second-order valence-electron chi connectivity index (χ2n) is 6.90. The van der Waals surface area contributed by atoms with Gasteiger partial charge in [0, 0.05) is 57.0 Å². The molecule has 0 bridgehead atoms. The lowest BCUT2D eigenvalue weighted by atomic mass is 9.82. The van der Waals surface area contributed by atoms with Crippen LogP contribution in [0.5, 0.6) is 0 Å². The van der Waals surface area contributed by atoms with E-state index >= 15 is 0 Å². The van der Waals surface area contributed by atoms with Gasteiger partial charge in [0.2, 0.25) is 0 Å². The molecule has 0 aliphatic carbocycles. The summed E-state index contributed by atoms with van der Waals surface area (Å²) in [6.45, 7) is 5.73. The summed E-state index contributed by atoms with van der Waals surface area (Å²) in [6.07, 6.45) is 8.24. The minimum atomic E-state index is 0.111. The number of likely N-dealkylation sites (tertiary alicyclic amines) is 2. The number of hydrogen-bond acceptors (Lipinski definition) is 4. The quantitative estimate of drug-likeness (QED) is 0.869.